The summed E-state index contributed by atoms with van der Waals surface area (Å²) in [5.41, 5.74) is 2.98. The van der Waals surface area contributed by atoms with Crippen LogP contribution in [0.15, 0.2) is 22.6 Å². The number of aryl methyl sites for hydroxylation is 1. The number of fused-ring (bicyclic) bond motifs is 1. The Balaban J connectivity index is 1.48. The van der Waals surface area contributed by atoms with E-state index in [1.54, 1.807) is 0 Å². The molecule has 0 unspecified atom stereocenters. The molecule has 0 N–H and O–H groups in total. The minimum absolute atomic E-state index is 0.239. The van der Waals surface area contributed by atoms with E-state index in [9.17, 15) is 0 Å². The zero-order valence-corrected chi connectivity index (χ0v) is 17.1. The molecule has 2 rings (SSSR count). The van der Waals surface area contributed by atoms with Crippen molar-refractivity contribution in [1.82, 2.24) is 4.98 Å². The van der Waals surface area contributed by atoms with E-state index in [1.807, 2.05) is 6.07 Å². The van der Waals surface area contributed by atoms with Crippen molar-refractivity contribution in [3.63, 3.8) is 0 Å². The zero-order chi connectivity index (χ0) is 19.2. The van der Waals surface area contributed by atoms with Gasteiger partial charge in [0.05, 0.1) is 6.07 Å². The van der Waals surface area contributed by atoms with Gasteiger partial charge in [0.25, 0.3) is 0 Å². The first-order chi connectivity index (χ1) is 13.3. The molecule has 27 heavy (non-hydrogen) atoms. The summed E-state index contributed by atoms with van der Waals surface area (Å²) in [5, 5.41) is 8.74. The van der Waals surface area contributed by atoms with Gasteiger partial charge in [0.1, 0.15) is 11.9 Å². The first-order valence-corrected chi connectivity index (χ1v) is 11.1. The molecule has 3 heteroatoms. The lowest BCUT2D eigenvalue weighted by Crippen LogP contribution is -1.87. The van der Waals surface area contributed by atoms with E-state index in [4.69, 9.17) is 9.68 Å². The largest absolute Gasteiger partial charge is 0.440 e. The van der Waals surface area contributed by atoms with Crippen LogP contribution in [0.2, 0.25) is 0 Å². The molecule has 2 aromatic rings. The van der Waals surface area contributed by atoms with E-state index in [0.29, 0.717) is 5.89 Å². The number of aromatic nitrogens is 1. The van der Waals surface area contributed by atoms with Crippen molar-refractivity contribution in [3.05, 3.63) is 29.7 Å². The number of hydrogen-bond acceptors (Lipinski definition) is 3. The molecule has 0 aliphatic heterocycles. The van der Waals surface area contributed by atoms with Gasteiger partial charge in [0.2, 0.25) is 5.89 Å². The summed E-state index contributed by atoms with van der Waals surface area (Å²) in [6, 6.07) is 8.32. The molecule has 0 aliphatic rings. The second kappa shape index (κ2) is 13.4. The number of nitrogens with zero attached hydrogens (tertiary/aromatic N) is 2. The number of rotatable bonds is 15. The zero-order valence-electron chi connectivity index (χ0n) is 17.1. The van der Waals surface area contributed by atoms with Crippen molar-refractivity contribution in [2.24, 2.45) is 0 Å². The molecule has 0 atom stereocenters. The standard InChI is InChI=1S/C24H36N2O/c1-2-3-4-5-6-7-8-9-10-11-12-13-14-15-21-16-17-22-23(20-21)27-24(26-22)18-19-25/h16-17,20H,2-15,18H2,1H3. The summed E-state index contributed by atoms with van der Waals surface area (Å²) in [6.45, 7) is 2.28. The van der Waals surface area contributed by atoms with Crippen molar-refractivity contribution >= 4 is 11.1 Å². The lowest BCUT2D eigenvalue weighted by molar-refractivity contribution is 0.539. The Hall–Kier alpha value is -1.82. The van der Waals surface area contributed by atoms with Crippen molar-refractivity contribution < 1.29 is 4.42 Å². The van der Waals surface area contributed by atoms with Crippen molar-refractivity contribution in [3.8, 4) is 6.07 Å². The first kappa shape index (κ1) is 21.5. The maximum absolute atomic E-state index is 8.74. The first-order valence-electron chi connectivity index (χ1n) is 11.1. The van der Waals surface area contributed by atoms with Crippen molar-refractivity contribution in [2.75, 3.05) is 0 Å². The molecular weight excluding hydrogens is 332 g/mol. The lowest BCUT2D eigenvalue weighted by Gasteiger charge is -2.03. The highest BCUT2D eigenvalue weighted by molar-refractivity contribution is 5.73. The second-order valence-corrected chi connectivity index (χ2v) is 7.74. The summed E-state index contributed by atoms with van der Waals surface area (Å²) in [7, 11) is 0. The third-order valence-electron chi connectivity index (χ3n) is 5.30. The minimum Gasteiger partial charge on any atom is -0.440 e. The van der Waals surface area contributed by atoms with Gasteiger partial charge in [-0.1, -0.05) is 90.0 Å². The summed E-state index contributed by atoms with van der Waals surface area (Å²) in [5.74, 6) is 0.519. The van der Waals surface area contributed by atoms with Gasteiger partial charge in [-0.3, -0.25) is 0 Å². The average Bonchev–Trinajstić information content (AvgIpc) is 3.07. The van der Waals surface area contributed by atoms with Crippen LogP contribution in [0, 0.1) is 11.3 Å². The Labute approximate surface area is 165 Å². The molecule has 0 saturated carbocycles. The SMILES string of the molecule is CCCCCCCCCCCCCCCc1ccc2nc(CC#N)oc2c1. The Kier molecular flexibility index (Phi) is 10.6. The number of hydrogen-bond donors (Lipinski definition) is 0. The fourth-order valence-electron chi connectivity index (χ4n) is 3.66. The van der Waals surface area contributed by atoms with Gasteiger partial charge in [-0.2, -0.15) is 5.26 Å². The molecular formula is C24H36N2O. The van der Waals surface area contributed by atoms with Gasteiger partial charge in [0, 0.05) is 0 Å². The molecule has 1 heterocycles. The Morgan fingerprint density at radius 2 is 1.44 bits per heavy atom. The van der Waals surface area contributed by atoms with Crippen molar-refractivity contribution in [2.45, 2.75) is 103 Å². The van der Waals surface area contributed by atoms with Crippen molar-refractivity contribution in [1.29, 1.82) is 5.26 Å². The van der Waals surface area contributed by atoms with Crippen LogP contribution in [0.25, 0.3) is 11.1 Å². The molecule has 0 fully saturated rings. The molecule has 0 saturated heterocycles. The Bertz CT molecular complexity index is 683. The van der Waals surface area contributed by atoms with Crippen LogP contribution in [0.4, 0.5) is 0 Å². The highest BCUT2D eigenvalue weighted by Crippen LogP contribution is 2.19. The minimum atomic E-state index is 0.239. The number of nitriles is 1. The van der Waals surface area contributed by atoms with Crippen LogP contribution in [0.3, 0.4) is 0 Å². The van der Waals surface area contributed by atoms with Crippen LogP contribution in [-0.4, -0.2) is 4.98 Å². The van der Waals surface area contributed by atoms with Crippen LogP contribution in [0.5, 0.6) is 0 Å². The lowest BCUT2D eigenvalue weighted by atomic mass is 10.0. The number of benzene rings is 1. The van der Waals surface area contributed by atoms with Gasteiger partial charge < -0.3 is 4.42 Å². The molecule has 3 nitrogen and oxygen atoms in total. The fraction of sp³-hybridized carbons (Fsp3) is 0.667. The van der Waals surface area contributed by atoms with Gasteiger partial charge in [-0.15, -0.1) is 0 Å². The van der Waals surface area contributed by atoms with E-state index in [0.717, 1.165) is 17.5 Å². The summed E-state index contributed by atoms with van der Waals surface area (Å²) >= 11 is 0. The molecule has 0 radical (unpaired) electrons. The van der Waals surface area contributed by atoms with Gasteiger partial charge in [-0.05, 0) is 30.5 Å². The average molecular weight is 369 g/mol. The molecule has 1 aromatic carbocycles. The summed E-state index contributed by atoms with van der Waals surface area (Å²) in [6.07, 6.45) is 19.4. The third-order valence-corrected chi connectivity index (χ3v) is 5.30. The molecule has 0 spiro atoms. The topological polar surface area (TPSA) is 49.8 Å². The van der Waals surface area contributed by atoms with E-state index >= 15 is 0 Å². The molecule has 0 aliphatic carbocycles. The Morgan fingerprint density at radius 3 is 2.04 bits per heavy atom. The fourth-order valence-corrected chi connectivity index (χ4v) is 3.66. The number of oxazole rings is 1. The quantitative estimate of drug-likeness (QED) is 0.305. The number of unbranched alkanes of at least 4 members (excludes halogenated alkanes) is 12. The highest BCUT2D eigenvalue weighted by Gasteiger charge is 2.06. The monoisotopic (exact) mass is 368 g/mol. The maximum Gasteiger partial charge on any atom is 0.209 e. The second-order valence-electron chi connectivity index (χ2n) is 7.74. The highest BCUT2D eigenvalue weighted by atomic mass is 16.3. The predicted molar refractivity (Wildman–Crippen MR) is 113 cm³/mol. The van der Waals surface area contributed by atoms with Gasteiger partial charge in [0.15, 0.2) is 5.58 Å². The molecule has 148 valence electrons. The van der Waals surface area contributed by atoms with Crippen LogP contribution in [-0.2, 0) is 12.8 Å². The van der Waals surface area contributed by atoms with Crippen LogP contribution in [0.1, 0.15) is 102 Å². The van der Waals surface area contributed by atoms with E-state index in [-0.39, 0.29) is 6.42 Å². The Morgan fingerprint density at radius 1 is 0.852 bits per heavy atom. The molecule has 0 bridgehead atoms. The summed E-state index contributed by atoms with van der Waals surface area (Å²) < 4.78 is 5.63. The predicted octanol–water partition coefficient (Wildman–Crippen LogP) is 7.53. The van der Waals surface area contributed by atoms with E-state index < -0.39 is 0 Å². The molecule has 0 amide bonds. The smallest absolute Gasteiger partial charge is 0.209 e. The summed E-state index contributed by atoms with van der Waals surface area (Å²) in [4.78, 5) is 4.32. The third kappa shape index (κ3) is 8.61. The van der Waals surface area contributed by atoms with Gasteiger partial charge in [-0.25, -0.2) is 4.98 Å². The van der Waals surface area contributed by atoms with Gasteiger partial charge >= 0.3 is 0 Å². The van der Waals surface area contributed by atoms with E-state index in [1.165, 1.54) is 89.0 Å². The van der Waals surface area contributed by atoms with E-state index in [2.05, 4.69) is 30.1 Å². The van der Waals surface area contributed by atoms with Crippen LogP contribution >= 0.6 is 0 Å². The normalized spacial score (nSPS) is 11.1. The van der Waals surface area contributed by atoms with Crippen LogP contribution < -0.4 is 0 Å². The molecule has 1 aromatic heterocycles. The maximum atomic E-state index is 8.74.